The normalized spacial score (nSPS) is 19.1. The molecule has 1 atom stereocenters. The second-order valence-electron chi connectivity index (χ2n) is 12.6. The number of rotatable bonds is 9. The Hall–Kier alpha value is -4.12. The minimum atomic E-state index is -4.19. The molecule has 0 radical (unpaired) electrons. The summed E-state index contributed by atoms with van der Waals surface area (Å²) in [6.45, 7) is 8.85. The number of carbonyl (C=O) groups is 2. The minimum absolute atomic E-state index is 0.0570. The van der Waals surface area contributed by atoms with Crippen molar-refractivity contribution in [2.45, 2.75) is 71.0 Å². The molecule has 2 fully saturated rings. The van der Waals surface area contributed by atoms with Crippen LogP contribution in [-0.4, -0.2) is 81.8 Å². The number of fused-ring (bicyclic) bond motifs is 1. The zero-order valence-electron chi connectivity index (χ0n) is 27.1. The first-order valence-corrected chi connectivity index (χ1v) is 17.4. The second kappa shape index (κ2) is 14.3. The molecule has 12 nitrogen and oxygen atoms in total. The van der Waals surface area contributed by atoms with Gasteiger partial charge in [-0.3, -0.25) is 9.10 Å². The van der Waals surface area contributed by atoms with Crippen LogP contribution in [0.1, 0.15) is 69.1 Å². The van der Waals surface area contributed by atoms with E-state index in [4.69, 9.17) is 23.7 Å². The van der Waals surface area contributed by atoms with Gasteiger partial charge in [-0.1, -0.05) is 24.3 Å². The fourth-order valence-corrected chi connectivity index (χ4v) is 7.37. The molecule has 252 valence electrons. The highest BCUT2D eigenvalue weighted by molar-refractivity contribution is 7.93. The third-order valence-electron chi connectivity index (χ3n) is 7.87. The van der Waals surface area contributed by atoms with Gasteiger partial charge in [0.2, 0.25) is 10.0 Å². The van der Waals surface area contributed by atoms with Crippen LogP contribution in [0.5, 0.6) is 5.75 Å². The van der Waals surface area contributed by atoms with Crippen molar-refractivity contribution in [2.75, 3.05) is 43.0 Å². The fraction of sp³-hybridized carbons (Fsp3) is 0.500. The molecule has 3 heterocycles. The van der Waals surface area contributed by atoms with Gasteiger partial charge in [-0.15, -0.1) is 0 Å². The van der Waals surface area contributed by atoms with Crippen LogP contribution in [0.25, 0.3) is 6.08 Å². The number of carbonyl (C=O) groups excluding carboxylic acids is 2. The molecule has 1 amide bonds. The summed E-state index contributed by atoms with van der Waals surface area (Å²) in [5, 5.41) is 9.31. The van der Waals surface area contributed by atoms with E-state index in [1.165, 1.54) is 4.31 Å². The first-order chi connectivity index (χ1) is 22.4. The number of anilines is 1. The molecule has 0 bridgehead atoms. The zero-order chi connectivity index (χ0) is 33.8. The maximum Gasteiger partial charge on any atom is 0.410 e. The number of hydrogen-bond donors (Lipinski definition) is 0. The Morgan fingerprint density at radius 1 is 1.11 bits per heavy atom. The maximum absolute atomic E-state index is 13.8. The molecule has 3 aliphatic heterocycles. The number of esters is 1. The summed E-state index contributed by atoms with van der Waals surface area (Å²) < 4.78 is 57.6. The lowest BCUT2D eigenvalue weighted by Crippen LogP contribution is -2.44. The standard InChI is InChI=1S/C34H41N3O9S/c1-5-42-31(38)22-47(40,41)37-26(10-9-23-7-6-8-24(17-23)21-35)18-25-19-30(28(20-29(25)37)32-43-15-16-44-32)45-27-11-13-36(14-12-27)33(39)46-34(2,3)4/h6-10,17,19-20,26-27,32H,5,11-16,18,22H2,1-4H3/b10-9+. The summed E-state index contributed by atoms with van der Waals surface area (Å²) in [5.74, 6) is -1.15. The van der Waals surface area contributed by atoms with Crippen molar-refractivity contribution in [3.63, 3.8) is 0 Å². The Kier molecular flexibility index (Phi) is 10.4. The molecular formula is C34H41N3O9S. The Balaban J connectivity index is 1.45. The Morgan fingerprint density at radius 2 is 1.83 bits per heavy atom. The van der Waals surface area contributed by atoms with Crippen LogP contribution < -0.4 is 9.04 Å². The first-order valence-electron chi connectivity index (χ1n) is 15.8. The Morgan fingerprint density at radius 3 is 2.49 bits per heavy atom. The smallest absolute Gasteiger partial charge is 0.410 e. The average Bonchev–Trinajstić information content (AvgIpc) is 3.67. The molecular weight excluding hydrogens is 626 g/mol. The van der Waals surface area contributed by atoms with Crippen LogP contribution in [-0.2, 0) is 40.2 Å². The number of benzene rings is 2. The number of amides is 1. The summed E-state index contributed by atoms with van der Waals surface area (Å²) in [6, 6.07) is 12.0. The van der Waals surface area contributed by atoms with Gasteiger partial charge in [0.1, 0.15) is 17.5 Å². The predicted molar refractivity (Wildman–Crippen MR) is 173 cm³/mol. The lowest BCUT2D eigenvalue weighted by atomic mass is 10.0. The van der Waals surface area contributed by atoms with E-state index in [0.29, 0.717) is 73.7 Å². The predicted octanol–water partition coefficient (Wildman–Crippen LogP) is 4.72. The number of ether oxygens (including phenoxy) is 5. The topological polar surface area (TPSA) is 145 Å². The van der Waals surface area contributed by atoms with Gasteiger partial charge >= 0.3 is 12.1 Å². The molecule has 3 aliphatic rings. The summed E-state index contributed by atoms with van der Waals surface area (Å²) in [7, 11) is -4.19. The van der Waals surface area contributed by atoms with E-state index >= 15 is 0 Å². The third kappa shape index (κ3) is 8.43. The molecule has 5 rings (SSSR count). The molecule has 0 spiro atoms. The van der Waals surface area contributed by atoms with Crippen LogP contribution in [0.4, 0.5) is 10.5 Å². The van der Waals surface area contributed by atoms with Crippen molar-refractivity contribution in [1.82, 2.24) is 4.90 Å². The number of nitriles is 1. The van der Waals surface area contributed by atoms with Gasteiger partial charge < -0.3 is 28.6 Å². The van der Waals surface area contributed by atoms with Crippen molar-refractivity contribution < 1.29 is 41.7 Å². The zero-order valence-corrected chi connectivity index (χ0v) is 28.0. The molecule has 1 unspecified atom stereocenters. The van der Waals surface area contributed by atoms with Gasteiger partial charge in [0.25, 0.3) is 0 Å². The number of piperidine rings is 1. The summed E-state index contributed by atoms with van der Waals surface area (Å²) in [5.41, 5.74) is 2.28. The van der Waals surface area contributed by atoms with E-state index in [-0.39, 0.29) is 18.8 Å². The highest BCUT2D eigenvalue weighted by Crippen LogP contribution is 2.43. The van der Waals surface area contributed by atoms with Gasteiger partial charge in [0, 0.05) is 25.9 Å². The number of hydrogen-bond acceptors (Lipinski definition) is 10. The number of sulfonamides is 1. The van der Waals surface area contributed by atoms with E-state index < -0.39 is 39.7 Å². The quantitative estimate of drug-likeness (QED) is 0.345. The maximum atomic E-state index is 13.8. The van der Waals surface area contributed by atoms with Crippen molar-refractivity contribution in [1.29, 1.82) is 5.26 Å². The molecule has 0 aliphatic carbocycles. The van der Waals surface area contributed by atoms with Gasteiger partial charge in [-0.05, 0) is 69.5 Å². The number of likely N-dealkylation sites (tertiary alicyclic amines) is 1. The average molecular weight is 668 g/mol. The van der Waals surface area contributed by atoms with Crippen LogP contribution in [0.15, 0.2) is 42.5 Å². The van der Waals surface area contributed by atoms with E-state index in [2.05, 4.69) is 6.07 Å². The molecule has 0 aromatic heterocycles. The summed E-state index contributed by atoms with van der Waals surface area (Å²) >= 11 is 0. The van der Waals surface area contributed by atoms with Gasteiger partial charge in [-0.25, -0.2) is 13.2 Å². The van der Waals surface area contributed by atoms with Gasteiger partial charge in [0.15, 0.2) is 12.0 Å². The first kappa shape index (κ1) is 34.2. The van der Waals surface area contributed by atoms with E-state index in [0.717, 1.165) is 5.56 Å². The van der Waals surface area contributed by atoms with Crippen LogP contribution in [0.2, 0.25) is 0 Å². The van der Waals surface area contributed by atoms with E-state index in [9.17, 15) is 23.3 Å². The van der Waals surface area contributed by atoms with Crippen LogP contribution in [0.3, 0.4) is 0 Å². The molecule has 0 N–H and O–H groups in total. The van der Waals surface area contributed by atoms with Crippen LogP contribution >= 0.6 is 0 Å². The second-order valence-corrected chi connectivity index (χ2v) is 14.4. The monoisotopic (exact) mass is 667 g/mol. The molecule has 0 saturated carbocycles. The highest BCUT2D eigenvalue weighted by atomic mass is 32.2. The largest absolute Gasteiger partial charge is 0.490 e. The Bertz CT molecular complexity index is 1650. The number of nitrogens with zero attached hydrogens (tertiary/aromatic N) is 3. The molecule has 2 aromatic rings. The van der Waals surface area contributed by atoms with Gasteiger partial charge in [-0.2, -0.15) is 5.26 Å². The van der Waals surface area contributed by atoms with Gasteiger partial charge in [0.05, 0.1) is 48.7 Å². The fourth-order valence-electron chi connectivity index (χ4n) is 5.83. The van der Waals surface area contributed by atoms with Crippen LogP contribution in [0, 0.1) is 11.3 Å². The summed E-state index contributed by atoms with van der Waals surface area (Å²) in [4.78, 5) is 26.7. The van der Waals surface area contributed by atoms with Crippen molar-refractivity contribution in [2.24, 2.45) is 0 Å². The van der Waals surface area contributed by atoms with Crippen molar-refractivity contribution >= 4 is 33.8 Å². The van der Waals surface area contributed by atoms with E-state index in [1.807, 2.05) is 32.9 Å². The highest BCUT2D eigenvalue weighted by Gasteiger charge is 2.40. The summed E-state index contributed by atoms with van der Waals surface area (Å²) in [6.07, 6.45) is 3.66. The molecule has 2 saturated heterocycles. The van der Waals surface area contributed by atoms with Crippen molar-refractivity contribution in [3.05, 3.63) is 64.7 Å². The minimum Gasteiger partial charge on any atom is -0.490 e. The van der Waals surface area contributed by atoms with E-state index in [1.54, 1.807) is 48.2 Å². The lowest BCUT2D eigenvalue weighted by Gasteiger charge is -2.34. The molecule has 13 heteroatoms. The van der Waals surface area contributed by atoms with Crippen molar-refractivity contribution in [3.8, 4) is 11.8 Å². The lowest BCUT2D eigenvalue weighted by molar-refractivity contribution is -0.139. The molecule has 2 aromatic carbocycles. The Labute approximate surface area is 275 Å². The third-order valence-corrected chi connectivity index (χ3v) is 9.54. The SMILES string of the molecule is CCOC(=O)CS(=O)(=O)N1c2cc(C3OCCO3)c(OC3CCN(C(=O)OC(C)(C)C)CC3)cc2CC1/C=C/c1cccc(C#N)c1. The molecule has 47 heavy (non-hydrogen) atoms.